The van der Waals surface area contributed by atoms with Crippen LogP contribution in [-0.2, 0) is 13.1 Å². The third-order valence-electron chi connectivity index (χ3n) is 2.96. The fourth-order valence-electron chi connectivity index (χ4n) is 1.85. The molecular weight excluding hydrogens is 243 g/mol. The highest BCUT2D eigenvalue weighted by atomic mass is 19.1. The van der Waals surface area contributed by atoms with E-state index < -0.39 is 0 Å². The lowest BCUT2D eigenvalue weighted by Gasteiger charge is -2.08. The first-order chi connectivity index (χ1) is 9.20. The zero-order valence-electron chi connectivity index (χ0n) is 11.1. The second kappa shape index (κ2) is 6.29. The maximum absolute atomic E-state index is 13.5. The van der Waals surface area contributed by atoms with E-state index in [1.807, 2.05) is 25.1 Å². The smallest absolute Gasteiger partial charge is 0.165 e. The molecule has 0 saturated carbocycles. The minimum Gasteiger partial charge on any atom is -0.494 e. The molecule has 4 heteroatoms. The number of ether oxygens (including phenoxy) is 1. The Balaban J connectivity index is 1.93. The van der Waals surface area contributed by atoms with Crippen molar-refractivity contribution < 1.29 is 9.13 Å². The summed E-state index contributed by atoms with van der Waals surface area (Å²) in [5.74, 6) is -0.0693. The van der Waals surface area contributed by atoms with Gasteiger partial charge in [0, 0.05) is 19.3 Å². The minimum atomic E-state index is -0.337. The Bertz CT molecular complexity index is 558. The van der Waals surface area contributed by atoms with Gasteiger partial charge in [-0.15, -0.1) is 0 Å². The van der Waals surface area contributed by atoms with Crippen molar-refractivity contribution >= 4 is 0 Å². The molecule has 0 saturated heterocycles. The first-order valence-electron chi connectivity index (χ1n) is 6.14. The van der Waals surface area contributed by atoms with Crippen LogP contribution in [0.3, 0.4) is 0 Å². The molecule has 1 aromatic carbocycles. The number of hydrogen-bond donors (Lipinski definition) is 1. The average molecular weight is 260 g/mol. The van der Waals surface area contributed by atoms with Gasteiger partial charge in [-0.25, -0.2) is 4.39 Å². The van der Waals surface area contributed by atoms with Gasteiger partial charge < -0.3 is 10.1 Å². The molecular formula is C15H17FN2O. The van der Waals surface area contributed by atoms with Gasteiger partial charge in [-0.3, -0.25) is 4.98 Å². The number of aryl methyl sites for hydroxylation is 1. The number of nitrogens with one attached hydrogen (secondary N) is 1. The lowest BCUT2D eigenvalue weighted by atomic mass is 10.2. The minimum absolute atomic E-state index is 0.268. The van der Waals surface area contributed by atoms with E-state index in [1.54, 1.807) is 12.3 Å². The summed E-state index contributed by atoms with van der Waals surface area (Å²) in [5.41, 5.74) is 3.04. The molecule has 100 valence electrons. The number of rotatable bonds is 5. The molecule has 0 spiro atoms. The largest absolute Gasteiger partial charge is 0.494 e. The summed E-state index contributed by atoms with van der Waals surface area (Å²) in [6.45, 7) is 3.29. The Hall–Kier alpha value is -1.94. The topological polar surface area (TPSA) is 34.1 Å². The Morgan fingerprint density at radius 1 is 1.26 bits per heavy atom. The van der Waals surface area contributed by atoms with Crippen LogP contribution in [0.2, 0.25) is 0 Å². The van der Waals surface area contributed by atoms with Crippen LogP contribution in [0.4, 0.5) is 4.39 Å². The van der Waals surface area contributed by atoms with Crippen LogP contribution in [0.5, 0.6) is 5.75 Å². The summed E-state index contributed by atoms with van der Waals surface area (Å²) in [6.07, 6.45) is 1.77. The van der Waals surface area contributed by atoms with Gasteiger partial charge in [0.1, 0.15) is 0 Å². The molecule has 2 rings (SSSR count). The molecule has 0 aliphatic rings. The molecule has 0 radical (unpaired) electrons. The number of pyridine rings is 1. The van der Waals surface area contributed by atoms with Gasteiger partial charge in [-0.2, -0.15) is 0 Å². The zero-order valence-corrected chi connectivity index (χ0v) is 11.1. The Labute approximate surface area is 112 Å². The Morgan fingerprint density at radius 2 is 2.11 bits per heavy atom. The summed E-state index contributed by atoms with van der Waals surface area (Å²) in [6, 6.07) is 8.91. The first-order valence-corrected chi connectivity index (χ1v) is 6.14. The monoisotopic (exact) mass is 260 g/mol. The van der Waals surface area contributed by atoms with Gasteiger partial charge in [0.05, 0.1) is 12.8 Å². The average Bonchev–Trinajstić information content (AvgIpc) is 2.41. The lowest BCUT2D eigenvalue weighted by molar-refractivity contribution is 0.386. The number of nitrogens with zero attached hydrogens (tertiary/aromatic N) is 1. The molecule has 0 fully saturated rings. The summed E-state index contributed by atoms with van der Waals surface area (Å²) >= 11 is 0. The number of aromatic nitrogens is 1. The van der Waals surface area contributed by atoms with E-state index in [4.69, 9.17) is 4.74 Å². The van der Waals surface area contributed by atoms with Crippen LogP contribution in [-0.4, -0.2) is 12.1 Å². The van der Waals surface area contributed by atoms with Crippen molar-refractivity contribution in [3.05, 3.63) is 59.2 Å². The van der Waals surface area contributed by atoms with Crippen LogP contribution in [0, 0.1) is 12.7 Å². The van der Waals surface area contributed by atoms with Crippen molar-refractivity contribution in [1.29, 1.82) is 0 Å². The van der Waals surface area contributed by atoms with Gasteiger partial charge in [0.25, 0.3) is 0 Å². The van der Waals surface area contributed by atoms with E-state index in [0.717, 1.165) is 16.8 Å². The van der Waals surface area contributed by atoms with Crippen LogP contribution >= 0.6 is 0 Å². The fourth-order valence-corrected chi connectivity index (χ4v) is 1.85. The van der Waals surface area contributed by atoms with Crippen LogP contribution < -0.4 is 10.1 Å². The highest BCUT2D eigenvalue weighted by Gasteiger charge is 2.03. The van der Waals surface area contributed by atoms with Crippen molar-refractivity contribution in [2.45, 2.75) is 20.0 Å². The van der Waals surface area contributed by atoms with Crippen molar-refractivity contribution in [1.82, 2.24) is 10.3 Å². The predicted molar refractivity (Wildman–Crippen MR) is 72.5 cm³/mol. The molecule has 0 aliphatic carbocycles. The lowest BCUT2D eigenvalue weighted by Crippen LogP contribution is -2.14. The van der Waals surface area contributed by atoms with Gasteiger partial charge in [-0.1, -0.05) is 12.1 Å². The molecule has 0 atom stereocenters. The SMILES string of the molecule is COc1ccc(CNCc2ncccc2C)cc1F. The van der Waals surface area contributed by atoms with Gasteiger partial charge >= 0.3 is 0 Å². The summed E-state index contributed by atoms with van der Waals surface area (Å²) < 4.78 is 18.4. The van der Waals surface area contributed by atoms with E-state index in [9.17, 15) is 4.39 Å². The maximum Gasteiger partial charge on any atom is 0.165 e. The quantitative estimate of drug-likeness (QED) is 0.897. The van der Waals surface area contributed by atoms with E-state index in [0.29, 0.717) is 13.1 Å². The molecule has 0 aliphatic heterocycles. The molecule has 2 aromatic rings. The van der Waals surface area contributed by atoms with Crippen LogP contribution in [0.15, 0.2) is 36.5 Å². The summed E-state index contributed by atoms with van der Waals surface area (Å²) in [5, 5.41) is 3.25. The molecule has 19 heavy (non-hydrogen) atoms. The van der Waals surface area contributed by atoms with Crippen molar-refractivity contribution in [2.24, 2.45) is 0 Å². The molecule has 0 bridgehead atoms. The predicted octanol–water partition coefficient (Wildman–Crippen LogP) is 2.83. The van der Waals surface area contributed by atoms with Crippen molar-refractivity contribution in [3.8, 4) is 5.75 Å². The maximum atomic E-state index is 13.5. The second-order valence-corrected chi connectivity index (χ2v) is 4.34. The fraction of sp³-hybridized carbons (Fsp3) is 0.267. The third kappa shape index (κ3) is 3.51. The number of benzene rings is 1. The third-order valence-corrected chi connectivity index (χ3v) is 2.96. The van der Waals surface area contributed by atoms with Crippen molar-refractivity contribution in [2.75, 3.05) is 7.11 Å². The number of hydrogen-bond acceptors (Lipinski definition) is 3. The molecule has 1 heterocycles. The van der Waals surface area contributed by atoms with Crippen LogP contribution in [0.1, 0.15) is 16.8 Å². The highest BCUT2D eigenvalue weighted by molar-refractivity contribution is 5.29. The standard InChI is InChI=1S/C15H17FN2O/c1-11-4-3-7-18-14(11)10-17-9-12-5-6-15(19-2)13(16)8-12/h3-8,17H,9-10H2,1-2H3. The van der Waals surface area contributed by atoms with E-state index in [2.05, 4.69) is 10.3 Å². The van der Waals surface area contributed by atoms with E-state index >= 15 is 0 Å². The van der Waals surface area contributed by atoms with Gasteiger partial charge in [0.2, 0.25) is 0 Å². The first kappa shape index (κ1) is 13.5. The highest BCUT2D eigenvalue weighted by Crippen LogP contribution is 2.17. The second-order valence-electron chi connectivity index (χ2n) is 4.34. The number of halogens is 1. The summed E-state index contributed by atoms with van der Waals surface area (Å²) in [7, 11) is 1.46. The van der Waals surface area contributed by atoms with Crippen molar-refractivity contribution in [3.63, 3.8) is 0 Å². The molecule has 0 amide bonds. The Morgan fingerprint density at radius 3 is 2.79 bits per heavy atom. The Kier molecular flexibility index (Phi) is 4.47. The number of methoxy groups -OCH3 is 1. The van der Waals surface area contributed by atoms with Gasteiger partial charge in [-0.05, 0) is 36.2 Å². The van der Waals surface area contributed by atoms with Crippen LogP contribution in [0.25, 0.3) is 0 Å². The molecule has 1 aromatic heterocycles. The van der Waals surface area contributed by atoms with E-state index in [-0.39, 0.29) is 11.6 Å². The normalized spacial score (nSPS) is 10.5. The molecule has 1 N–H and O–H groups in total. The molecule has 0 unspecified atom stereocenters. The van der Waals surface area contributed by atoms with Gasteiger partial charge in [0.15, 0.2) is 11.6 Å². The van der Waals surface area contributed by atoms with E-state index in [1.165, 1.54) is 13.2 Å². The zero-order chi connectivity index (χ0) is 13.7. The molecule has 3 nitrogen and oxygen atoms in total. The summed E-state index contributed by atoms with van der Waals surface area (Å²) in [4.78, 5) is 4.30.